The van der Waals surface area contributed by atoms with Gasteiger partial charge in [0.05, 0.1) is 7.11 Å². The first-order valence-electron chi connectivity index (χ1n) is 11.8. The van der Waals surface area contributed by atoms with E-state index in [9.17, 15) is 14.0 Å². The molecule has 1 unspecified atom stereocenters. The highest BCUT2D eigenvalue weighted by Gasteiger charge is 2.34. The number of rotatable bonds is 8. The van der Waals surface area contributed by atoms with Gasteiger partial charge in [-0.25, -0.2) is 9.18 Å². The minimum Gasteiger partial charge on any atom is -0.494 e. The summed E-state index contributed by atoms with van der Waals surface area (Å²) in [5.41, 5.74) is 2.53. The lowest BCUT2D eigenvalue weighted by Crippen LogP contribution is -2.51. The van der Waals surface area contributed by atoms with E-state index >= 15 is 0 Å². The molecule has 1 aliphatic heterocycles. The standard InChI is InChI=1S/C28H35FN2O4/c1-28(2,3)30(4)27(33)35-26(17-20-9-7-6-8-10-20)24(19-32)31-15-13-21(14-16-31)22-11-12-23(29)25(18-22)34-5/h6-13,18-19,24,26H,14-17H2,1-5H3/t24-,26?/m0/s1. The Kier molecular flexibility index (Phi) is 8.67. The third-order valence-corrected chi connectivity index (χ3v) is 6.52. The second kappa shape index (κ2) is 11.5. The van der Waals surface area contributed by atoms with Crippen molar-refractivity contribution < 1.29 is 23.5 Å². The zero-order chi connectivity index (χ0) is 25.6. The van der Waals surface area contributed by atoms with Gasteiger partial charge in [0, 0.05) is 32.1 Å². The van der Waals surface area contributed by atoms with E-state index in [-0.39, 0.29) is 5.75 Å². The van der Waals surface area contributed by atoms with Crippen molar-refractivity contribution in [2.24, 2.45) is 0 Å². The second-order valence-corrected chi connectivity index (χ2v) is 9.79. The van der Waals surface area contributed by atoms with Crippen LogP contribution in [0.4, 0.5) is 9.18 Å². The van der Waals surface area contributed by atoms with Crippen LogP contribution in [0.25, 0.3) is 5.57 Å². The fourth-order valence-electron chi connectivity index (χ4n) is 4.05. The second-order valence-electron chi connectivity index (χ2n) is 9.79. The van der Waals surface area contributed by atoms with Crippen molar-refractivity contribution in [1.82, 2.24) is 9.80 Å². The Hall–Kier alpha value is -3.19. The van der Waals surface area contributed by atoms with Gasteiger partial charge in [0.2, 0.25) is 0 Å². The maximum Gasteiger partial charge on any atom is 0.410 e. The quantitative estimate of drug-likeness (QED) is 0.498. The van der Waals surface area contributed by atoms with Gasteiger partial charge in [0.15, 0.2) is 11.6 Å². The number of hydrogen-bond donors (Lipinski definition) is 0. The number of benzene rings is 2. The van der Waals surface area contributed by atoms with Crippen LogP contribution < -0.4 is 4.74 Å². The lowest BCUT2D eigenvalue weighted by molar-refractivity contribution is -0.116. The lowest BCUT2D eigenvalue weighted by atomic mass is 9.96. The molecule has 1 aliphatic rings. The largest absolute Gasteiger partial charge is 0.494 e. The monoisotopic (exact) mass is 482 g/mol. The molecule has 2 atom stereocenters. The molecule has 0 spiro atoms. The van der Waals surface area contributed by atoms with Crippen molar-refractivity contribution >= 4 is 18.0 Å². The Morgan fingerprint density at radius 2 is 1.91 bits per heavy atom. The molecular formula is C28H35FN2O4. The smallest absolute Gasteiger partial charge is 0.410 e. The van der Waals surface area contributed by atoms with E-state index in [1.54, 1.807) is 24.1 Å². The van der Waals surface area contributed by atoms with Gasteiger partial charge in [-0.05, 0) is 56.0 Å². The van der Waals surface area contributed by atoms with Crippen LogP contribution in [0, 0.1) is 5.82 Å². The molecule has 3 rings (SSSR count). The molecular weight excluding hydrogens is 447 g/mol. The minimum atomic E-state index is -0.645. The molecule has 0 saturated carbocycles. The van der Waals surface area contributed by atoms with Crippen LogP contribution in [0.5, 0.6) is 5.75 Å². The zero-order valence-corrected chi connectivity index (χ0v) is 21.2. The van der Waals surface area contributed by atoms with Crippen LogP contribution in [-0.2, 0) is 16.0 Å². The summed E-state index contributed by atoms with van der Waals surface area (Å²) in [5, 5.41) is 0. The highest BCUT2D eigenvalue weighted by atomic mass is 19.1. The van der Waals surface area contributed by atoms with Crippen LogP contribution in [0.2, 0.25) is 0 Å². The number of nitrogens with zero attached hydrogens (tertiary/aromatic N) is 2. The summed E-state index contributed by atoms with van der Waals surface area (Å²) < 4.78 is 24.9. The van der Waals surface area contributed by atoms with Gasteiger partial charge in [-0.15, -0.1) is 0 Å². The maximum absolute atomic E-state index is 13.8. The molecule has 0 fully saturated rings. The fourth-order valence-corrected chi connectivity index (χ4v) is 4.05. The first kappa shape index (κ1) is 26.4. The van der Waals surface area contributed by atoms with E-state index in [1.165, 1.54) is 13.2 Å². The third-order valence-electron chi connectivity index (χ3n) is 6.52. The Bertz CT molecular complexity index is 1050. The van der Waals surface area contributed by atoms with Crippen molar-refractivity contribution in [3.8, 4) is 5.75 Å². The number of carbonyl (C=O) groups is 2. The van der Waals surface area contributed by atoms with Crippen LogP contribution >= 0.6 is 0 Å². The molecule has 7 heteroatoms. The average Bonchev–Trinajstić information content (AvgIpc) is 2.84. The molecule has 188 valence electrons. The van der Waals surface area contributed by atoms with E-state index < -0.39 is 29.6 Å². The fraction of sp³-hybridized carbons (Fsp3) is 0.429. The molecule has 2 aromatic carbocycles. The SMILES string of the molecule is COc1cc(C2=CCN([C@@H](C=O)C(Cc3ccccc3)OC(=O)N(C)C(C)(C)C)CC2)ccc1F. The first-order valence-corrected chi connectivity index (χ1v) is 11.8. The first-order chi connectivity index (χ1) is 16.6. The van der Waals surface area contributed by atoms with Gasteiger partial charge in [0.25, 0.3) is 0 Å². The van der Waals surface area contributed by atoms with E-state index in [0.717, 1.165) is 23.0 Å². The van der Waals surface area contributed by atoms with Crippen LogP contribution in [0.1, 0.15) is 38.3 Å². The molecule has 6 nitrogen and oxygen atoms in total. The highest BCUT2D eigenvalue weighted by molar-refractivity contribution is 5.70. The van der Waals surface area contributed by atoms with Gasteiger partial charge in [0.1, 0.15) is 18.4 Å². The van der Waals surface area contributed by atoms with Crippen molar-refractivity contribution in [2.45, 2.75) is 51.3 Å². The van der Waals surface area contributed by atoms with Crippen LogP contribution in [-0.4, -0.2) is 67.1 Å². The minimum absolute atomic E-state index is 0.203. The molecule has 0 saturated heterocycles. The van der Waals surface area contributed by atoms with Crippen molar-refractivity contribution in [1.29, 1.82) is 0 Å². The number of halogens is 1. The van der Waals surface area contributed by atoms with Crippen LogP contribution in [0.15, 0.2) is 54.6 Å². The predicted octanol–water partition coefficient (Wildman–Crippen LogP) is 4.97. The van der Waals surface area contributed by atoms with Gasteiger partial charge >= 0.3 is 6.09 Å². The van der Waals surface area contributed by atoms with E-state index in [2.05, 4.69) is 0 Å². The molecule has 0 radical (unpaired) electrons. The molecule has 35 heavy (non-hydrogen) atoms. The number of carbonyl (C=O) groups excluding carboxylic acids is 2. The number of amides is 1. The van der Waals surface area contributed by atoms with Gasteiger partial charge in [-0.3, -0.25) is 4.90 Å². The Balaban J connectivity index is 1.81. The number of aldehydes is 1. The van der Waals surface area contributed by atoms with E-state index in [1.807, 2.05) is 62.1 Å². The van der Waals surface area contributed by atoms with Gasteiger partial charge in [-0.2, -0.15) is 0 Å². The predicted molar refractivity (Wildman–Crippen MR) is 135 cm³/mol. The van der Waals surface area contributed by atoms with Crippen molar-refractivity contribution in [3.63, 3.8) is 0 Å². The average molecular weight is 483 g/mol. The zero-order valence-electron chi connectivity index (χ0n) is 21.2. The van der Waals surface area contributed by atoms with E-state index in [0.29, 0.717) is 25.9 Å². The summed E-state index contributed by atoms with van der Waals surface area (Å²) in [7, 11) is 3.14. The third kappa shape index (κ3) is 6.69. The number of ether oxygens (including phenoxy) is 2. The highest BCUT2D eigenvalue weighted by Crippen LogP contribution is 2.29. The topological polar surface area (TPSA) is 59.1 Å². The van der Waals surface area contributed by atoms with Crippen LogP contribution in [0.3, 0.4) is 0 Å². The molecule has 2 aromatic rings. The summed E-state index contributed by atoms with van der Waals surface area (Å²) in [6.45, 7) is 6.90. The Morgan fingerprint density at radius 1 is 1.20 bits per heavy atom. The normalized spacial score (nSPS) is 16.1. The molecule has 0 aromatic heterocycles. The summed E-state index contributed by atoms with van der Waals surface area (Å²) in [6.07, 6.45) is 2.90. The lowest BCUT2D eigenvalue weighted by Gasteiger charge is -2.37. The number of methoxy groups -OCH3 is 1. The Labute approximate surface area is 207 Å². The summed E-state index contributed by atoms with van der Waals surface area (Å²) >= 11 is 0. The summed E-state index contributed by atoms with van der Waals surface area (Å²) in [4.78, 5) is 28.8. The molecule has 0 N–H and O–H groups in total. The maximum atomic E-state index is 13.8. The molecule has 0 bridgehead atoms. The Morgan fingerprint density at radius 3 is 2.49 bits per heavy atom. The van der Waals surface area contributed by atoms with Gasteiger partial charge in [-0.1, -0.05) is 42.5 Å². The molecule has 0 aliphatic carbocycles. The molecule has 1 heterocycles. The van der Waals surface area contributed by atoms with E-state index in [4.69, 9.17) is 9.47 Å². The van der Waals surface area contributed by atoms with Gasteiger partial charge < -0.3 is 19.2 Å². The van der Waals surface area contributed by atoms with Crippen molar-refractivity contribution in [2.75, 3.05) is 27.2 Å². The summed E-state index contributed by atoms with van der Waals surface area (Å²) in [5.74, 6) is -0.199. The van der Waals surface area contributed by atoms with Crippen molar-refractivity contribution in [3.05, 3.63) is 71.6 Å². The summed E-state index contributed by atoms with van der Waals surface area (Å²) in [6, 6.07) is 13.9. The molecule has 1 amide bonds. The number of hydrogen-bond acceptors (Lipinski definition) is 5.